The molecule has 1 fully saturated rings. The van der Waals surface area contributed by atoms with Gasteiger partial charge in [-0.2, -0.15) is 0 Å². The molecule has 1 unspecified atom stereocenters. The maximum atomic E-state index is 13.0. The van der Waals surface area contributed by atoms with Gasteiger partial charge in [-0.25, -0.2) is 9.78 Å². The van der Waals surface area contributed by atoms with E-state index in [1.54, 1.807) is 0 Å². The fraction of sp³-hybridized carbons (Fsp3) is 0.600. The summed E-state index contributed by atoms with van der Waals surface area (Å²) in [6.45, 7) is 9.26. The predicted octanol–water partition coefficient (Wildman–Crippen LogP) is 3.16. The summed E-state index contributed by atoms with van der Waals surface area (Å²) in [7, 11) is 0. The summed E-state index contributed by atoms with van der Waals surface area (Å²) in [5.74, 6) is 0.142. The van der Waals surface area contributed by atoms with Gasteiger partial charge in [-0.15, -0.1) is 0 Å². The van der Waals surface area contributed by atoms with Crippen LogP contribution in [-0.4, -0.2) is 52.3 Å². The zero-order valence-electron chi connectivity index (χ0n) is 16.9. The zero-order valence-corrected chi connectivity index (χ0v) is 16.9. The number of carbonyl (C=O) groups is 2. The minimum Gasteiger partial charge on any atom is -0.444 e. The highest BCUT2D eigenvalue weighted by Crippen LogP contribution is 2.22. The number of piperidine rings is 1. The van der Waals surface area contributed by atoms with Crippen molar-refractivity contribution < 1.29 is 18.8 Å². The Kier molecular flexibility index (Phi) is 5.86. The van der Waals surface area contributed by atoms with E-state index in [0.717, 1.165) is 23.9 Å². The number of nitrogens with one attached hydrogen (secondary N) is 1. The van der Waals surface area contributed by atoms with Crippen molar-refractivity contribution in [3.8, 4) is 0 Å². The lowest BCUT2D eigenvalue weighted by Gasteiger charge is -2.33. The fourth-order valence-corrected chi connectivity index (χ4v) is 3.39. The second-order valence-corrected chi connectivity index (χ2v) is 8.20. The van der Waals surface area contributed by atoms with E-state index < -0.39 is 11.7 Å². The third-order valence-electron chi connectivity index (χ3n) is 4.73. The van der Waals surface area contributed by atoms with Crippen LogP contribution in [0.4, 0.5) is 4.79 Å². The van der Waals surface area contributed by atoms with Crippen LogP contribution in [0.3, 0.4) is 0 Å². The highest BCUT2D eigenvalue weighted by molar-refractivity contribution is 5.97. The van der Waals surface area contributed by atoms with Gasteiger partial charge in [0.1, 0.15) is 5.60 Å². The molecule has 2 aromatic rings. The van der Waals surface area contributed by atoms with Crippen molar-refractivity contribution in [2.24, 2.45) is 5.92 Å². The molecule has 3 heterocycles. The fourth-order valence-electron chi connectivity index (χ4n) is 3.39. The minimum atomic E-state index is -0.524. The first-order valence-electron chi connectivity index (χ1n) is 9.77. The van der Waals surface area contributed by atoms with Gasteiger partial charge < -0.3 is 19.5 Å². The number of fused-ring (bicyclic) bond motifs is 1. The lowest BCUT2D eigenvalue weighted by molar-refractivity contribution is 0.0502. The third-order valence-corrected chi connectivity index (χ3v) is 4.73. The molecule has 0 spiro atoms. The van der Waals surface area contributed by atoms with Crippen molar-refractivity contribution >= 4 is 23.1 Å². The average molecular weight is 388 g/mol. The van der Waals surface area contributed by atoms with Gasteiger partial charge in [0, 0.05) is 25.8 Å². The molecule has 0 bridgehead atoms. The molecule has 152 valence electrons. The highest BCUT2D eigenvalue weighted by atomic mass is 16.6. The Morgan fingerprint density at radius 2 is 2.18 bits per heavy atom. The number of rotatable bonds is 4. The van der Waals surface area contributed by atoms with Crippen molar-refractivity contribution in [2.45, 2.75) is 52.6 Å². The number of pyridine rings is 1. The van der Waals surface area contributed by atoms with Crippen LogP contribution >= 0.6 is 0 Å². The molecule has 3 rings (SSSR count). The van der Waals surface area contributed by atoms with Gasteiger partial charge in [0.25, 0.3) is 11.6 Å². The van der Waals surface area contributed by atoms with Crippen LogP contribution in [-0.2, 0) is 11.2 Å². The Labute approximate surface area is 164 Å². The molecular formula is C20H28N4O4. The molecular weight excluding hydrogens is 360 g/mol. The number of carbonyl (C=O) groups excluding carboxylic acids is 2. The molecule has 2 aromatic heterocycles. The number of aryl methyl sites for hydroxylation is 1. The van der Waals surface area contributed by atoms with Crippen molar-refractivity contribution in [3.05, 3.63) is 23.5 Å². The second-order valence-electron chi connectivity index (χ2n) is 8.20. The molecule has 28 heavy (non-hydrogen) atoms. The van der Waals surface area contributed by atoms with E-state index in [4.69, 9.17) is 9.26 Å². The standard InChI is InChI=1S/C20H28N4O4/c1-5-16-15-9-14(11-21-17(15)28-23-16)18(25)24-8-6-7-13(12-24)10-22-19(26)27-20(2,3)4/h9,11,13H,5-8,10,12H2,1-4H3,(H,22,26). The van der Waals surface area contributed by atoms with Crippen LogP contribution in [0.1, 0.15) is 56.6 Å². The number of hydrogen-bond donors (Lipinski definition) is 1. The third kappa shape index (κ3) is 4.79. The maximum Gasteiger partial charge on any atom is 0.407 e. The van der Waals surface area contributed by atoms with Crippen molar-refractivity contribution in [1.29, 1.82) is 0 Å². The van der Waals surface area contributed by atoms with Gasteiger partial charge >= 0.3 is 6.09 Å². The number of ether oxygens (including phenoxy) is 1. The number of aromatic nitrogens is 2. The van der Waals surface area contributed by atoms with E-state index in [9.17, 15) is 9.59 Å². The second kappa shape index (κ2) is 8.16. The van der Waals surface area contributed by atoms with E-state index in [1.807, 2.05) is 38.7 Å². The van der Waals surface area contributed by atoms with Gasteiger partial charge in [-0.3, -0.25) is 4.79 Å². The molecule has 1 N–H and O–H groups in total. The van der Waals surface area contributed by atoms with Crippen molar-refractivity contribution in [2.75, 3.05) is 19.6 Å². The lowest BCUT2D eigenvalue weighted by atomic mass is 9.97. The summed E-state index contributed by atoms with van der Waals surface area (Å²) in [6.07, 6.45) is 3.69. The molecule has 1 atom stereocenters. The molecule has 0 aromatic carbocycles. The first-order valence-corrected chi connectivity index (χ1v) is 9.77. The summed E-state index contributed by atoms with van der Waals surface area (Å²) in [5, 5.41) is 7.59. The molecule has 8 nitrogen and oxygen atoms in total. The van der Waals surface area contributed by atoms with Crippen LogP contribution in [0, 0.1) is 5.92 Å². The lowest BCUT2D eigenvalue weighted by Crippen LogP contribution is -2.44. The molecule has 0 radical (unpaired) electrons. The number of alkyl carbamates (subject to hydrolysis) is 1. The Morgan fingerprint density at radius 1 is 1.39 bits per heavy atom. The first-order chi connectivity index (χ1) is 13.3. The Hall–Kier alpha value is -2.64. The van der Waals surface area contributed by atoms with E-state index in [1.165, 1.54) is 6.20 Å². The molecule has 0 aliphatic carbocycles. The van der Waals surface area contributed by atoms with Gasteiger partial charge in [-0.1, -0.05) is 12.1 Å². The highest BCUT2D eigenvalue weighted by Gasteiger charge is 2.26. The predicted molar refractivity (Wildman–Crippen MR) is 104 cm³/mol. The number of amides is 2. The van der Waals surface area contributed by atoms with E-state index in [0.29, 0.717) is 37.3 Å². The van der Waals surface area contributed by atoms with Gasteiger partial charge in [0.05, 0.1) is 16.6 Å². The minimum absolute atomic E-state index is 0.0559. The smallest absolute Gasteiger partial charge is 0.407 e. The van der Waals surface area contributed by atoms with Crippen LogP contribution in [0.15, 0.2) is 16.8 Å². The molecule has 1 aliphatic rings. The summed E-state index contributed by atoms with van der Waals surface area (Å²) in [4.78, 5) is 30.9. The molecule has 2 amide bonds. The zero-order chi connectivity index (χ0) is 20.3. The monoisotopic (exact) mass is 388 g/mol. The average Bonchev–Trinajstić information content (AvgIpc) is 3.07. The normalized spacial score (nSPS) is 17.6. The first kappa shape index (κ1) is 20.1. The van der Waals surface area contributed by atoms with Crippen LogP contribution < -0.4 is 5.32 Å². The summed E-state index contributed by atoms with van der Waals surface area (Å²) in [6, 6.07) is 1.81. The molecule has 1 saturated heterocycles. The number of nitrogens with zero attached hydrogens (tertiary/aromatic N) is 3. The Balaban J connectivity index is 1.62. The van der Waals surface area contributed by atoms with E-state index in [-0.39, 0.29) is 11.8 Å². The Morgan fingerprint density at radius 3 is 2.89 bits per heavy atom. The summed E-state index contributed by atoms with van der Waals surface area (Å²) in [5.41, 5.74) is 1.26. The molecule has 0 saturated carbocycles. The van der Waals surface area contributed by atoms with Crippen LogP contribution in [0.5, 0.6) is 0 Å². The molecule has 8 heteroatoms. The quantitative estimate of drug-likeness (QED) is 0.864. The van der Waals surface area contributed by atoms with E-state index in [2.05, 4.69) is 15.5 Å². The largest absolute Gasteiger partial charge is 0.444 e. The SMILES string of the molecule is CCc1noc2ncc(C(=O)N3CCCC(CNC(=O)OC(C)(C)C)C3)cc12. The topological polar surface area (TPSA) is 97.6 Å². The summed E-state index contributed by atoms with van der Waals surface area (Å²) >= 11 is 0. The maximum absolute atomic E-state index is 13.0. The van der Waals surface area contributed by atoms with Gasteiger partial charge in [0.2, 0.25) is 0 Å². The van der Waals surface area contributed by atoms with Crippen LogP contribution in [0.25, 0.3) is 11.1 Å². The number of hydrogen-bond acceptors (Lipinski definition) is 6. The van der Waals surface area contributed by atoms with Gasteiger partial charge in [0.15, 0.2) is 0 Å². The van der Waals surface area contributed by atoms with Gasteiger partial charge in [-0.05, 0) is 52.0 Å². The van der Waals surface area contributed by atoms with Crippen molar-refractivity contribution in [3.63, 3.8) is 0 Å². The van der Waals surface area contributed by atoms with Crippen molar-refractivity contribution in [1.82, 2.24) is 20.4 Å². The number of likely N-dealkylation sites (tertiary alicyclic amines) is 1. The Bertz CT molecular complexity index is 855. The summed E-state index contributed by atoms with van der Waals surface area (Å²) < 4.78 is 10.5. The van der Waals surface area contributed by atoms with Crippen LogP contribution in [0.2, 0.25) is 0 Å². The van der Waals surface area contributed by atoms with E-state index >= 15 is 0 Å². The molecule has 1 aliphatic heterocycles.